The number of rotatable bonds is 3. The molecule has 0 saturated carbocycles. The minimum Gasteiger partial charge on any atom is -0.306 e. The zero-order valence-corrected chi connectivity index (χ0v) is 19.8. The van der Waals surface area contributed by atoms with Crippen LogP contribution in [0.3, 0.4) is 0 Å². The number of benzene rings is 3. The van der Waals surface area contributed by atoms with Crippen molar-refractivity contribution in [2.45, 2.75) is 6.92 Å². The van der Waals surface area contributed by atoms with Crippen LogP contribution in [-0.2, 0) is 0 Å². The molecule has 0 aliphatic rings. The predicted molar refractivity (Wildman–Crippen MR) is 142 cm³/mol. The van der Waals surface area contributed by atoms with Gasteiger partial charge in [0.25, 0.3) is 5.56 Å². The molecule has 8 heteroatoms. The van der Waals surface area contributed by atoms with Crippen molar-refractivity contribution < 1.29 is 0 Å². The molecule has 174 valence electrons. The first-order chi connectivity index (χ1) is 17.5. The van der Waals surface area contributed by atoms with Crippen molar-refractivity contribution in [2.24, 2.45) is 0 Å². The van der Waals surface area contributed by atoms with E-state index in [1.54, 1.807) is 30.6 Å². The average molecular weight is 492 g/mol. The smallest absolute Gasteiger partial charge is 0.306 e. The summed E-state index contributed by atoms with van der Waals surface area (Å²) in [5.74, 6) is 0. The van der Waals surface area contributed by atoms with Gasteiger partial charge in [0.05, 0.1) is 34.7 Å². The van der Waals surface area contributed by atoms with Gasteiger partial charge < -0.3 is 4.98 Å². The van der Waals surface area contributed by atoms with Crippen molar-refractivity contribution >= 4 is 33.3 Å². The van der Waals surface area contributed by atoms with E-state index in [0.717, 1.165) is 43.3 Å². The molecule has 36 heavy (non-hydrogen) atoms. The Morgan fingerprint density at radius 2 is 1.72 bits per heavy atom. The molecule has 6 aromatic rings. The van der Waals surface area contributed by atoms with Crippen LogP contribution in [0.2, 0.25) is 5.02 Å². The molecule has 1 N–H and O–H groups in total. The fraction of sp³-hybridized carbons (Fsp3) is 0.0357. The lowest BCUT2D eigenvalue weighted by Gasteiger charge is -2.14. The summed E-state index contributed by atoms with van der Waals surface area (Å²) < 4.78 is 1.13. The highest BCUT2D eigenvalue weighted by molar-refractivity contribution is 6.34. The fourth-order valence-corrected chi connectivity index (χ4v) is 4.83. The number of hydrogen-bond acceptors (Lipinski definition) is 5. The van der Waals surface area contributed by atoms with E-state index >= 15 is 0 Å². The van der Waals surface area contributed by atoms with Crippen molar-refractivity contribution in [2.75, 3.05) is 0 Å². The Kier molecular flexibility index (Phi) is 5.20. The van der Waals surface area contributed by atoms with Gasteiger partial charge in [-0.2, -0.15) is 10.2 Å². The Labute approximate surface area is 209 Å². The topological polar surface area (TPSA) is 93.5 Å². The van der Waals surface area contributed by atoms with Gasteiger partial charge in [0, 0.05) is 33.1 Å². The number of H-pyrrole nitrogens is 1. The number of hydrogen-bond donors (Lipinski definition) is 1. The molecule has 0 fully saturated rings. The molecular formula is C28H18ClN5O2. The SMILES string of the molecule is Cc1cc(-c2cccc(Cl)c2-c2ccc3c(=O)n(-c4cncc5ccccc45)c(=O)[nH]c3c2)cnn1. The maximum Gasteiger partial charge on any atom is 0.333 e. The summed E-state index contributed by atoms with van der Waals surface area (Å²) in [7, 11) is 0. The first-order valence-electron chi connectivity index (χ1n) is 11.2. The average Bonchev–Trinajstić information content (AvgIpc) is 2.88. The minimum atomic E-state index is -0.545. The van der Waals surface area contributed by atoms with Crippen LogP contribution in [0.1, 0.15) is 5.69 Å². The van der Waals surface area contributed by atoms with Crippen LogP contribution < -0.4 is 11.2 Å². The molecule has 0 radical (unpaired) electrons. The highest BCUT2D eigenvalue weighted by atomic mass is 35.5. The number of aryl methyl sites for hydroxylation is 1. The molecule has 3 aromatic carbocycles. The molecule has 0 saturated heterocycles. The number of halogens is 1. The van der Waals surface area contributed by atoms with E-state index in [0.29, 0.717) is 21.6 Å². The summed E-state index contributed by atoms with van der Waals surface area (Å²) in [5, 5.41) is 10.6. The maximum absolute atomic E-state index is 13.5. The van der Waals surface area contributed by atoms with Crippen molar-refractivity contribution in [3.05, 3.63) is 117 Å². The van der Waals surface area contributed by atoms with E-state index in [-0.39, 0.29) is 0 Å². The number of nitrogens with one attached hydrogen (secondary N) is 1. The second-order valence-corrected chi connectivity index (χ2v) is 8.87. The fourth-order valence-electron chi connectivity index (χ4n) is 4.55. The highest BCUT2D eigenvalue weighted by Gasteiger charge is 2.16. The lowest BCUT2D eigenvalue weighted by atomic mass is 9.94. The van der Waals surface area contributed by atoms with Gasteiger partial charge in [-0.05, 0) is 42.3 Å². The van der Waals surface area contributed by atoms with Crippen LogP contribution >= 0.6 is 11.6 Å². The van der Waals surface area contributed by atoms with Crippen LogP contribution in [0.15, 0.2) is 94.9 Å². The zero-order valence-electron chi connectivity index (χ0n) is 19.1. The first kappa shape index (κ1) is 21.9. The third-order valence-electron chi connectivity index (χ3n) is 6.18. The summed E-state index contributed by atoms with van der Waals surface area (Å²) in [4.78, 5) is 33.8. The second kappa shape index (κ2) is 8.55. The van der Waals surface area contributed by atoms with Crippen LogP contribution in [0, 0.1) is 6.92 Å². The van der Waals surface area contributed by atoms with E-state index in [1.807, 2.05) is 55.5 Å². The minimum absolute atomic E-state index is 0.376. The Hall–Kier alpha value is -4.62. The van der Waals surface area contributed by atoms with Crippen LogP contribution in [-0.4, -0.2) is 24.7 Å². The van der Waals surface area contributed by atoms with Crippen LogP contribution in [0.25, 0.3) is 49.6 Å². The monoisotopic (exact) mass is 491 g/mol. The van der Waals surface area contributed by atoms with Gasteiger partial charge in [-0.25, -0.2) is 9.36 Å². The Morgan fingerprint density at radius 1 is 0.861 bits per heavy atom. The first-order valence-corrected chi connectivity index (χ1v) is 11.6. The summed E-state index contributed by atoms with van der Waals surface area (Å²) >= 11 is 6.65. The molecule has 0 aliphatic heterocycles. The standard InChI is InChI=1S/C28H18ClN5O2/c1-16-11-19(14-31-33-16)21-7-4-8-23(29)26(21)17-9-10-22-24(12-17)32-28(36)34(27(22)35)25-15-30-13-18-5-2-3-6-20(18)25/h2-15H,1H3,(H,32,36). The van der Waals surface area contributed by atoms with Gasteiger partial charge >= 0.3 is 5.69 Å². The predicted octanol–water partition coefficient (Wildman–Crippen LogP) is 5.31. The van der Waals surface area contributed by atoms with E-state index in [9.17, 15) is 9.59 Å². The molecule has 3 aromatic heterocycles. The number of nitrogens with zero attached hydrogens (tertiary/aromatic N) is 4. The van der Waals surface area contributed by atoms with E-state index in [2.05, 4.69) is 20.2 Å². The summed E-state index contributed by atoms with van der Waals surface area (Å²) in [5.41, 5.74) is 3.94. The van der Waals surface area contributed by atoms with Crippen molar-refractivity contribution in [1.82, 2.24) is 24.7 Å². The molecule has 7 nitrogen and oxygen atoms in total. The third-order valence-corrected chi connectivity index (χ3v) is 6.49. The van der Waals surface area contributed by atoms with Gasteiger partial charge in [0.1, 0.15) is 0 Å². The number of fused-ring (bicyclic) bond motifs is 2. The molecule has 0 atom stereocenters. The lowest BCUT2D eigenvalue weighted by Crippen LogP contribution is -2.33. The number of aromatic nitrogens is 5. The zero-order chi connectivity index (χ0) is 24.8. The van der Waals surface area contributed by atoms with Crippen LogP contribution in [0.5, 0.6) is 0 Å². The highest BCUT2D eigenvalue weighted by Crippen LogP contribution is 2.38. The van der Waals surface area contributed by atoms with Crippen molar-refractivity contribution in [3.8, 4) is 27.9 Å². The second-order valence-electron chi connectivity index (χ2n) is 8.46. The number of pyridine rings is 1. The van der Waals surface area contributed by atoms with Gasteiger partial charge in [-0.3, -0.25) is 9.78 Å². The molecule has 0 spiro atoms. The largest absolute Gasteiger partial charge is 0.333 e. The van der Waals surface area contributed by atoms with Gasteiger partial charge in [0.15, 0.2) is 0 Å². The van der Waals surface area contributed by atoms with E-state index < -0.39 is 11.2 Å². The third kappa shape index (κ3) is 3.57. The number of aromatic amines is 1. The van der Waals surface area contributed by atoms with Crippen LogP contribution in [0.4, 0.5) is 0 Å². The normalized spacial score (nSPS) is 11.3. The van der Waals surface area contributed by atoms with Crippen molar-refractivity contribution in [3.63, 3.8) is 0 Å². The van der Waals surface area contributed by atoms with Gasteiger partial charge in [0.2, 0.25) is 0 Å². The van der Waals surface area contributed by atoms with Gasteiger partial charge in [-0.1, -0.05) is 54.1 Å². The van der Waals surface area contributed by atoms with Gasteiger partial charge in [-0.15, -0.1) is 0 Å². The Morgan fingerprint density at radius 3 is 2.58 bits per heavy atom. The molecule has 0 bridgehead atoms. The van der Waals surface area contributed by atoms with E-state index in [1.165, 1.54) is 6.20 Å². The maximum atomic E-state index is 13.5. The Bertz CT molecular complexity index is 1920. The molecular weight excluding hydrogens is 474 g/mol. The quantitative estimate of drug-likeness (QED) is 0.362. The molecule has 0 unspecified atom stereocenters. The molecule has 0 aliphatic carbocycles. The lowest BCUT2D eigenvalue weighted by molar-refractivity contribution is 0.902. The molecule has 0 amide bonds. The summed E-state index contributed by atoms with van der Waals surface area (Å²) in [6.07, 6.45) is 4.91. The summed E-state index contributed by atoms with van der Waals surface area (Å²) in [6, 6.07) is 20.4. The molecule has 3 heterocycles. The summed E-state index contributed by atoms with van der Waals surface area (Å²) in [6.45, 7) is 1.87. The molecule has 6 rings (SSSR count). The van der Waals surface area contributed by atoms with Crippen molar-refractivity contribution in [1.29, 1.82) is 0 Å². The Balaban J connectivity index is 1.57. The van der Waals surface area contributed by atoms with E-state index in [4.69, 9.17) is 11.6 Å².